The molecule has 0 bridgehead atoms. The Balaban J connectivity index is 1.82. The number of nitrogens with zero attached hydrogens (tertiary/aromatic N) is 2. The van der Waals surface area contributed by atoms with Crippen LogP contribution in [0.3, 0.4) is 0 Å². The summed E-state index contributed by atoms with van der Waals surface area (Å²) in [7, 11) is 0. The lowest BCUT2D eigenvalue weighted by Crippen LogP contribution is -2.32. The van der Waals surface area contributed by atoms with Crippen molar-refractivity contribution >= 4 is 22.7 Å². The number of aryl methyl sites for hydroxylation is 1. The van der Waals surface area contributed by atoms with Gasteiger partial charge in [-0.25, -0.2) is 4.98 Å². The summed E-state index contributed by atoms with van der Waals surface area (Å²) in [6.45, 7) is 4.00. The molecular formula is C27H27N3O3. The molecule has 3 aromatic carbocycles. The minimum absolute atomic E-state index is 0.00737. The number of fused-ring (bicyclic) bond motifs is 1. The fraction of sp³-hybridized carbons (Fsp3) is 0.222. The summed E-state index contributed by atoms with van der Waals surface area (Å²) >= 11 is 0. The van der Waals surface area contributed by atoms with Crippen LogP contribution in [0.2, 0.25) is 0 Å². The van der Waals surface area contributed by atoms with Crippen molar-refractivity contribution in [3.63, 3.8) is 0 Å². The molecule has 0 saturated carbocycles. The van der Waals surface area contributed by atoms with Crippen LogP contribution in [0.5, 0.6) is 0 Å². The SMILES string of the molecule is CCn1c(C(O)(c2ccccc2)c2ccccc2)nc2ccc(CC(=O)CNC(C)=O)cc21. The van der Waals surface area contributed by atoms with Gasteiger partial charge < -0.3 is 15.0 Å². The summed E-state index contributed by atoms with van der Waals surface area (Å²) < 4.78 is 2.00. The molecule has 33 heavy (non-hydrogen) atoms. The number of nitrogens with one attached hydrogen (secondary N) is 1. The van der Waals surface area contributed by atoms with E-state index in [1.165, 1.54) is 6.92 Å². The third-order valence-electron chi connectivity index (χ3n) is 5.77. The van der Waals surface area contributed by atoms with Gasteiger partial charge in [0.1, 0.15) is 0 Å². The number of hydrogen-bond donors (Lipinski definition) is 2. The molecule has 1 aromatic heterocycles. The Kier molecular flexibility index (Phi) is 6.38. The molecule has 1 heterocycles. The molecular weight excluding hydrogens is 414 g/mol. The molecule has 168 valence electrons. The zero-order chi connectivity index (χ0) is 23.4. The van der Waals surface area contributed by atoms with Crippen LogP contribution in [-0.2, 0) is 28.2 Å². The topological polar surface area (TPSA) is 84.2 Å². The number of aliphatic hydroxyl groups is 1. The highest BCUT2D eigenvalue weighted by Crippen LogP contribution is 2.37. The van der Waals surface area contributed by atoms with Crippen molar-refractivity contribution < 1.29 is 14.7 Å². The first-order chi connectivity index (χ1) is 15.9. The van der Waals surface area contributed by atoms with Gasteiger partial charge >= 0.3 is 0 Å². The summed E-state index contributed by atoms with van der Waals surface area (Å²) in [5.41, 5.74) is 2.44. The van der Waals surface area contributed by atoms with E-state index in [0.717, 1.165) is 27.7 Å². The van der Waals surface area contributed by atoms with Crippen LogP contribution in [-0.4, -0.2) is 32.9 Å². The van der Waals surface area contributed by atoms with Gasteiger partial charge in [-0.2, -0.15) is 0 Å². The Labute approximate surface area is 192 Å². The number of benzene rings is 3. The smallest absolute Gasteiger partial charge is 0.217 e. The van der Waals surface area contributed by atoms with Crippen LogP contribution < -0.4 is 5.32 Å². The van der Waals surface area contributed by atoms with E-state index < -0.39 is 5.60 Å². The van der Waals surface area contributed by atoms with Gasteiger partial charge in [-0.15, -0.1) is 0 Å². The highest BCUT2D eigenvalue weighted by Gasteiger charge is 2.38. The van der Waals surface area contributed by atoms with E-state index >= 15 is 0 Å². The van der Waals surface area contributed by atoms with Crippen LogP contribution in [0.4, 0.5) is 0 Å². The monoisotopic (exact) mass is 441 g/mol. The lowest BCUT2D eigenvalue weighted by molar-refractivity contribution is -0.123. The molecule has 0 unspecified atom stereocenters. The van der Waals surface area contributed by atoms with Crippen molar-refractivity contribution in [1.82, 2.24) is 14.9 Å². The van der Waals surface area contributed by atoms with E-state index in [1.54, 1.807) is 0 Å². The van der Waals surface area contributed by atoms with Gasteiger partial charge in [0.05, 0.1) is 17.6 Å². The first-order valence-electron chi connectivity index (χ1n) is 11.0. The Bertz CT molecular complexity index is 1240. The molecule has 6 heteroatoms. The number of imidazole rings is 1. The van der Waals surface area contributed by atoms with Crippen LogP contribution in [0, 0.1) is 0 Å². The standard InChI is InChI=1S/C27H27N3O3/c1-3-30-25-17-20(16-23(32)18-28-19(2)31)14-15-24(25)29-26(30)27(33,21-10-6-4-7-11-21)22-12-8-5-9-13-22/h4-15,17,33H,3,16,18H2,1-2H3,(H,28,31). The molecule has 1 amide bonds. The molecule has 0 aliphatic rings. The number of carbonyl (C=O) groups excluding carboxylic acids is 2. The van der Waals surface area contributed by atoms with Crippen LogP contribution >= 0.6 is 0 Å². The Morgan fingerprint density at radius 3 is 2.12 bits per heavy atom. The van der Waals surface area contributed by atoms with Crippen molar-refractivity contribution in [3.05, 3.63) is 101 Å². The average molecular weight is 442 g/mol. The number of aromatic nitrogens is 2. The number of hydrogen-bond acceptors (Lipinski definition) is 4. The van der Waals surface area contributed by atoms with Gasteiger partial charge in [-0.3, -0.25) is 9.59 Å². The molecule has 2 N–H and O–H groups in total. The van der Waals surface area contributed by atoms with Crippen LogP contribution in [0.15, 0.2) is 78.9 Å². The fourth-order valence-corrected chi connectivity index (χ4v) is 4.17. The minimum atomic E-state index is -1.45. The maximum absolute atomic E-state index is 12.3. The van der Waals surface area contributed by atoms with E-state index in [-0.39, 0.29) is 24.7 Å². The Morgan fingerprint density at radius 1 is 0.970 bits per heavy atom. The molecule has 0 spiro atoms. The van der Waals surface area contributed by atoms with Gasteiger partial charge in [0.2, 0.25) is 5.91 Å². The summed E-state index contributed by atoms with van der Waals surface area (Å²) in [6, 6.07) is 24.7. The molecule has 4 rings (SSSR count). The molecule has 0 aliphatic carbocycles. The van der Waals surface area contributed by atoms with Gasteiger partial charge in [0, 0.05) is 19.9 Å². The predicted octanol–water partition coefficient (Wildman–Crippen LogP) is 3.59. The van der Waals surface area contributed by atoms with Gasteiger partial charge in [-0.05, 0) is 35.7 Å². The maximum atomic E-state index is 12.3. The summed E-state index contributed by atoms with van der Waals surface area (Å²) in [5.74, 6) is 0.227. The van der Waals surface area contributed by atoms with E-state index in [2.05, 4.69) is 5.32 Å². The summed E-state index contributed by atoms with van der Waals surface area (Å²) in [5, 5.41) is 14.7. The number of amides is 1. The second kappa shape index (κ2) is 9.38. The quantitative estimate of drug-likeness (QED) is 0.438. The predicted molar refractivity (Wildman–Crippen MR) is 128 cm³/mol. The zero-order valence-electron chi connectivity index (χ0n) is 18.8. The first kappa shape index (κ1) is 22.4. The zero-order valence-corrected chi connectivity index (χ0v) is 18.8. The van der Waals surface area contributed by atoms with Crippen molar-refractivity contribution in [3.8, 4) is 0 Å². The summed E-state index contributed by atoms with van der Waals surface area (Å²) in [6.07, 6.45) is 0.210. The summed E-state index contributed by atoms with van der Waals surface area (Å²) in [4.78, 5) is 28.2. The highest BCUT2D eigenvalue weighted by atomic mass is 16.3. The van der Waals surface area contributed by atoms with Crippen molar-refractivity contribution in [2.75, 3.05) is 6.54 Å². The van der Waals surface area contributed by atoms with Gasteiger partial charge in [0.25, 0.3) is 0 Å². The largest absolute Gasteiger partial charge is 0.373 e. The maximum Gasteiger partial charge on any atom is 0.217 e. The molecule has 6 nitrogen and oxygen atoms in total. The van der Waals surface area contributed by atoms with Crippen molar-refractivity contribution in [2.45, 2.75) is 32.4 Å². The molecule has 0 aliphatic heterocycles. The second-order valence-corrected chi connectivity index (χ2v) is 8.07. The fourth-order valence-electron chi connectivity index (χ4n) is 4.17. The second-order valence-electron chi connectivity index (χ2n) is 8.07. The molecule has 0 fully saturated rings. The number of carbonyl (C=O) groups is 2. The number of Topliss-reactive ketones (excluding diaryl/α,β-unsaturated/α-hetero) is 1. The minimum Gasteiger partial charge on any atom is -0.373 e. The third-order valence-corrected chi connectivity index (χ3v) is 5.77. The van der Waals surface area contributed by atoms with Gasteiger partial charge in [-0.1, -0.05) is 66.7 Å². The van der Waals surface area contributed by atoms with E-state index in [9.17, 15) is 14.7 Å². The van der Waals surface area contributed by atoms with Crippen LogP contribution in [0.1, 0.15) is 36.4 Å². The lowest BCUT2D eigenvalue weighted by Gasteiger charge is -2.29. The van der Waals surface area contributed by atoms with Gasteiger partial charge in [0.15, 0.2) is 17.2 Å². The van der Waals surface area contributed by atoms with Crippen molar-refractivity contribution in [2.24, 2.45) is 0 Å². The molecule has 0 radical (unpaired) electrons. The van der Waals surface area contributed by atoms with Crippen molar-refractivity contribution in [1.29, 1.82) is 0 Å². The van der Waals surface area contributed by atoms with E-state index in [4.69, 9.17) is 4.98 Å². The van der Waals surface area contributed by atoms with E-state index in [0.29, 0.717) is 12.4 Å². The first-order valence-corrected chi connectivity index (χ1v) is 11.0. The van der Waals surface area contributed by atoms with Crippen LogP contribution in [0.25, 0.3) is 11.0 Å². The molecule has 4 aromatic rings. The molecule has 0 saturated heterocycles. The lowest BCUT2D eigenvalue weighted by atomic mass is 9.85. The molecule has 0 atom stereocenters. The Hall–Kier alpha value is -3.77. The number of rotatable bonds is 8. The normalized spacial score (nSPS) is 11.5. The number of ketones is 1. The third kappa shape index (κ3) is 4.43. The van der Waals surface area contributed by atoms with E-state index in [1.807, 2.05) is 90.4 Å². The average Bonchev–Trinajstić information content (AvgIpc) is 3.21. The highest BCUT2D eigenvalue weighted by molar-refractivity contribution is 5.87. The Morgan fingerprint density at radius 2 is 1.58 bits per heavy atom.